The van der Waals surface area contributed by atoms with Crippen LogP contribution in [0.4, 0.5) is 0 Å². The fraction of sp³-hybridized carbons (Fsp3) is 0.118. The second-order valence-corrected chi connectivity index (χ2v) is 6.69. The molecule has 3 aromatic rings. The first-order chi connectivity index (χ1) is 12.0. The Hall–Kier alpha value is -2.02. The van der Waals surface area contributed by atoms with Gasteiger partial charge in [-0.2, -0.15) is 0 Å². The van der Waals surface area contributed by atoms with E-state index in [4.69, 9.17) is 32.4 Å². The number of rotatable bonds is 6. The fourth-order valence-electron chi connectivity index (χ4n) is 1.97. The van der Waals surface area contributed by atoms with Gasteiger partial charge in [-0.25, -0.2) is 4.98 Å². The molecule has 1 heterocycles. The van der Waals surface area contributed by atoms with Gasteiger partial charge in [-0.3, -0.25) is 9.59 Å². The lowest BCUT2D eigenvalue weighted by atomic mass is 10.1. The van der Waals surface area contributed by atoms with Crippen molar-refractivity contribution in [2.24, 2.45) is 0 Å². The highest BCUT2D eigenvalue weighted by molar-refractivity contribution is 7.99. The molecule has 0 atom stereocenters. The highest BCUT2D eigenvalue weighted by atomic mass is 35.5. The molecule has 0 N–H and O–H groups in total. The summed E-state index contributed by atoms with van der Waals surface area (Å²) in [4.78, 5) is 28.0. The van der Waals surface area contributed by atoms with Crippen LogP contribution >= 0.6 is 35.0 Å². The lowest BCUT2D eigenvalue weighted by Gasteiger charge is -2.04. The summed E-state index contributed by atoms with van der Waals surface area (Å²) < 4.78 is 10.5. The van der Waals surface area contributed by atoms with Gasteiger partial charge in [0.15, 0.2) is 18.0 Å². The van der Waals surface area contributed by atoms with Crippen LogP contribution in [-0.4, -0.2) is 29.1 Å². The highest BCUT2D eigenvalue weighted by Gasteiger charge is 2.13. The second-order valence-electron chi connectivity index (χ2n) is 4.95. The van der Waals surface area contributed by atoms with Gasteiger partial charge in [0.2, 0.25) is 0 Å². The lowest BCUT2D eigenvalue weighted by molar-refractivity contribution is -0.139. The summed E-state index contributed by atoms with van der Waals surface area (Å²) in [6.07, 6.45) is 0. The number of nitrogens with zero attached hydrogens (tertiary/aromatic N) is 1. The van der Waals surface area contributed by atoms with E-state index in [1.807, 2.05) is 18.2 Å². The molecular weight excluding hydrogens is 385 g/mol. The molecule has 0 saturated carbocycles. The van der Waals surface area contributed by atoms with Gasteiger partial charge in [-0.1, -0.05) is 47.1 Å². The van der Waals surface area contributed by atoms with Crippen LogP contribution in [0.25, 0.3) is 11.1 Å². The standard InChI is InChI=1S/C17H11Cl2NO4S/c18-11-6-5-10(7-12(11)19)14(21)8-23-16(22)9-25-17-20-13-3-1-2-4-15(13)24-17/h1-7H,8-9H2. The molecule has 0 aliphatic carbocycles. The van der Waals surface area contributed by atoms with E-state index in [0.717, 1.165) is 11.8 Å². The highest BCUT2D eigenvalue weighted by Crippen LogP contribution is 2.24. The third-order valence-corrected chi connectivity index (χ3v) is 4.73. The molecule has 0 unspecified atom stereocenters. The van der Waals surface area contributed by atoms with Gasteiger partial charge in [0.1, 0.15) is 11.3 Å². The van der Waals surface area contributed by atoms with E-state index in [2.05, 4.69) is 4.98 Å². The molecule has 0 aliphatic rings. The summed E-state index contributed by atoms with van der Waals surface area (Å²) >= 11 is 12.8. The number of benzene rings is 2. The van der Waals surface area contributed by atoms with Crippen molar-refractivity contribution in [2.75, 3.05) is 12.4 Å². The van der Waals surface area contributed by atoms with Gasteiger partial charge < -0.3 is 9.15 Å². The van der Waals surface area contributed by atoms with Crippen molar-refractivity contribution >= 4 is 57.8 Å². The Morgan fingerprint density at radius 2 is 1.92 bits per heavy atom. The first-order valence-electron chi connectivity index (χ1n) is 7.15. The fourth-order valence-corrected chi connectivity index (χ4v) is 2.91. The van der Waals surface area contributed by atoms with Crippen molar-refractivity contribution < 1.29 is 18.7 Å². The van der Waals surface area contributed by atoms with Crippen LogP contribution in [0.1, 0.15) is 10.4 Å². The number of aromatic nitrogens is 1. The van der Waals surface area contributed by atoms with Crippen LogP contribution in [0.5, 0.6) is 0 Å². The van der Waals surface area contributed by atoms with Crippen LogP contribution < -0.4 is 0 Å². The summed E-state index contributed by atoms with van der Waals surface area (Å²) in [6.45, 7) is -0.370. The molecule has 1 aromatic heterocycles. The van der Waals surface area contributed by atoms with Gasteiger partial charge in [0, 0.05) is 5.56 Å². The minimum Gasteiger partial charge on any atom is -0.457 e. The number of ketones is 1. The molecular formula is C17H11Cl2NO4S. The van der Waals surface area contributed by atoms with Gasteiger partial charge >= 0.3 is 5.97 Å². The minimum absolute atomic E-state index is 0.0124. The molecule has 0 saturated heterocycles. The zero-order chi connectivity index (χ0) is 17.8. The van der Waals surface area contributed by atoms with Gasteiger partial charge in [0.05, 0.1) is 10.0 Å². The predicted octanol–water partition coefficient (Wildman–Crippen LogP) is 4.65. The van der Waals surface area contributed by atoms with E-state index in [0.29, 0.717) is 26.9 Å². The van der Waals surface area contributed by atoms with Crippen LogP contribution in [-0.2, 0) is 9.53 Å². The monoisotopic (exact) mass is 395 g/mol. The number of Topliss-reactive ketones (excluding diaryl/α,β-unsaturated/α-hetero) is 1. The van der Waals surface area contributed by atoms with Crippen molar-refractivity contribution in [1.29, 1.82) is 0 Å². The second kappa shape index (κ2) is 7.91. The van der Waals surface area contributed by atoms with Gasteiger partial charge in [-0.15, -0.1) is 0 Å². The van der Waals surface area contributed by atoms with Crippen molar-refractivity contribution in [3.05, 3.63) is 58.1 Å². The maximum atomic E-state index is 12.0. The molecule has 5 nitrogen and oxygen atoms in total. The number of fused-ring (bicyclic) bond motifs is 1. The minimum atomic E-state index is -0.541. The molecule has 0 aliphatic heterocycles. The Bertz CT molecular complexity index is 908. The van der Waals surface area contributed by atoms with Crippen LogP contribution in [0, 0.1) is 0 Å². The Morgan fingerprint density at radius 1 is 1.12 bits per heavy atom. The molecule has 0 spiro atoms. The number of oxazole rings is 1. The van der Waals surface area contributed by atoms with Crippen molar-refractivity contribution in [2.45, 2.75) is 5.22 Å². The molecule has 0 fully saturated rings. The van der Waals surface area contributed by atoms with E-state index in [9.17, 15) is 9.59 Å². The number of hydrogen-bond donors (Lipinski definition) is 0. The molecule has 2 aromatic carbocycles. The normalized spacial score (nSPS) is 10.8. The smallest absolute Gasteiger partial charge is 0.316 e. The summed E-state index contributed by atoms with van der Waals surface area (Å²) in [5, 5.41) is 0.990. The van der Waals surface area contributed by atoms with Gasteiger partial charge in [0.25, 0.3) is 5.22 Å². The summed E-state index contributed by atoms with van der Waals surface area (Å²) in [5.41, 5.74) is 1.69. The maximum Gasteiger partial charge on any atom is 0.316 e. The van der Waals surface area contributed by atoms with E-state index < -0.39 is 5.97 Å². The Morgan fingerprint density at radius 3 is 2.68 bits per heavy atom. The summed E-state index contributed by atoms with van der Waals surface area (Å²) in [6, 6.07) is 11.8. The number of ether oxygens (including phenoxy) is 1. The van der Waals surface area contributed by atoms with E-state index in [1.54, 1.807) is 6.07 Å². The number of halogens is 2. The largest absolute Gasteiger partial charge is 0.457 e. The first-order valence-corrected chi connectivity index (χ1v) is 8.89. The average Bonchev–Trinajstić information content (AvgIpc) is 3.03. The topological polar surface area (TPSA) is 69.4 Å². The van der Waals surface area contributed by atoms with E-state index >= 15 is 0 Å². The van der Waals surface area contributed by atoms with Gasteiger partial charge in [-0.05, 0) is 30.3 Å². The number of carbonyl (C=O) groups is 2. The Labute approximate surface area is 157 Å². The Balaban J connectivity index is 1.50. The lowest BCUT2D eigenvalue weighted by Crippen LogP contribution is -2.15. The van der Waals surface area contributed by atoms with Crippen LogP contribution in [0.3, 0.4) is 0 Å². The number of esters is 1. The average molecular weight is 396 g/mol. The molecule has 128 valence electrons. The number of hydrogen-bond acceptors (Lipinski definition) is 6. The van der Waals surface area contributed by atoms with Crippen LogP contribution in [0.15, 0.2) is 52.1 Å². The summed E-state index contributed by atoms with van der Waals surface area (Å²) in [7, 11) is 0. The third kappa shape index (κ3) is 4.54. The zero-order valence-electron chi connectivity index (χ0n) is 12.7. The number of para-hydroxylation sites is 2. The number of thioether (sulfide) groups is 1. The maximum absolute atomic E-state index is 12.0. The Kier molecular flexibility index (Phi) is 5.63. The first kappa shape index (κ1) is 17.8. The van der Waals surface area contributed by atoms with E-state index in [-0.39, 0.29) is 23.2 Å². The zero-order valence-corrected chi connectivity index (χ0v) is 15.0. The molecule has 8 heteroatoms. The van der Waals surface area contributed by atoms with Crippen molar-refractivity contribution in [3.63, 3.8) is 0 Å². The molecule has 0 radical (unpaired) electrons. The van der Waals surface area contributed by atoms with E-state index in [1.165, 1.54) is 18.2 Å². The molecule has 0 bridgehead atoms. The van der Waals surface area contributed by atoms with Crippen molar-refractivity contribution in [1.82, 2.24) is 4.98 Å². The van der Waals surface area contributed by atoms with Crippen LogP contribution in [0.2, 0.25) is 10.0 Å². The van der Waals surface area contributed by atoms with Crippen molar-refractivity contribution in [3.8, 4) is 0 Å². The third-order valence-electron chi connectivity index (χ3n) is 3.19. The number of carbonyl (C=O) groups excluding carboxylic acids is 2. The molecule has 0 amide bonds. The molecule has 25 heavy (non-hydrogen) atoms. The summed E-state index contributed by atoms with van der Waals surface area (Å²) in [5.74, 6) is -0.916. The SMILES string of the molecule is O=C(CSc1nc2ccccc2o1)OCC(=O)c1ccc(Cl)c(Cl)c1. The molecule has 3 rings (SSSR count). The predicted molar refractivity (Wildman–Crippen MR) is 96.5 cm³/mol. The quantitative estimate of drug-likeness (QED) is 0.343.